The van der Waals surface area contributed by atoms with Gasteiger partial charge >= 0.3 is 10.8 Å². The van der Waals surface area contributed by atoms with E-state index in [9.17, 15) is 13.6 Å². The highest BCUT2D eigenvalue weighted by molar-refractivity contribution is 9.09. The predicted molar refractivity (Wildman–Crippen MR) is 58.1 cm³/mol. The third-order valence-corrected chi connectivity index (χ3v) is 2.57. The van der Waals surface area contributed by atoms with Gasteiger partial charge in [-0.25, -0.2) is 9.78 Å². The molecule has 1 aromatic heterocycles. The largest absolute Gasteiger partial charge is 0.478 e. The van der Waals surface area contributed by atoms with E-state index in [0.29, 0.717) is 12.0 Å². The number of carbonyl (C=O) groups is 1. The van der Waals surface area contributed by atoms with Gasteiger partial charge in [-0.2, -0.15) is 8.78 Å². The van der Waals surface area contributed by atoms with Crippen molar-refractivity contribution in [3.05, 3.63) is 28.6 Å². The van der Waals surface area contributed by atoms with Gasteiger partial charge in [0.2, 0.25) is 0 Å². The lowest BCUT2D eigenvalue weighted by molar-refractivity contribution is 0.0692. The molecule has 0 unspecified atom stereocenters. The Morgan fingerprint density at radius 1 is 1.62 bits per heavy atom. The average molecular weight is 294 g/mol. The number of hydrogen-bond donors (Lipinski definition) is 1. The van der Waals surface area contributed by atoms with Crippen molar-refractivity contribution in [2.75, 3.05) is 0 Å². The molecule has 0 aliphatic heterocycles. The van der Waals surface area contributed by atoms with E-state index in [0.717, 1.165) is 6.07 Å². The van der Waals surface area contributed by atoms with Crippen LogP contribution in [0, 0.1) is 6.92 Å². The number of alkyl halides is 3. The van der Waals surface area contributed by atoms with E-state index in [2.05, 4.69) is 20.9 Å². The van der Waals surface area contributed by atoms with Crippen LogP contribution in [0.1, 0.15) is 34.2 Å². The molecule has 0 aromatic carbocycles. The van der Waals surface area contributed by atoms with Crippen molar-refractivity contribution in [1.82, 2.24) is 4.98 Å². The third-order valence-electron chi connectivity index (χ3n) is 2.17. The Balaban J connectivity index is 3.44. The van der Waals surface area contributed by atoms with E-state index in [-0.39, 0.29) is 11.3 Å². The standard InChI is InChI=1S/C10H10BrF2NO2/c1-3-6-4-7(10(11,12)13)14-5(2)8(6)9(15)16/h4H,3H2,1-2H3,(H,15,16). The molecular formula is C10H10BrF2NO2. The highest BCUT2D eigenvalue weighted by Crippen LogP contribution is 2.34. The number of aryl methyl sites for hydroxylation is 2. The number of rotatable bonds is 3. The molecule has 0 saturated carbocycles. The highest BCUT2D eigenvalue weighted by atomic mass is 79.9. The monoisotopic (exact) mass is 293 g/mol. The van der Waals surface area contributed by atoms with E-state index in [1.165, 1.54) is 6.92 Å². The lowest BCUT2D eigenvalue weighted by Gasteiger charge is -2.13. The summed E-state index contributed by atoms with van der Waals surface area (Å²) in [7, 11) is 0. The van der Waals surface area contributed by atoms with E-state index in [4.69, 9.17) is 5.11 Å². The first-order valence-electron chi connectivity index (χ1n) is 4.58. The molecule has 1 rings (SSSR count). The maximum atomic E-state index is 13.0. The van der Waals surface area contributed by atoms with Gasteiger partial charge in [0, 0.05) is 0 Å². The first-order valence-corrected chi connectivity index (χ1v) is 5.37. The Morgan fingerprint density at radius 2 is 2.19 bits per heavy atom. The zero-order valence-electron chi connectivity index (χ0n) is 8.72. The van der Waals surface area contributed by atoms with Crippen molar-refractivity contribution in [3.8, 4) is 0 Å². The lowest BCUT2D eigenvalue weighted by Crippen LogP contribution is -2.13. The molecule has 88 valence electrons. The molecule has 1 N–H and O–H groups in total. The first-order chi connectivity index (χ1) is 7.27. The van der Waals surface area contributed by atoms with Crippen LogP contribution in [-0.4, -0.2) is 16.1 Å². The van der Waals surface area contributed by atoms with E-state index in [1.807, 2.05) is 0 Å². The second-order valence-corrected chi connectivity index (χ2v) is 4.28. The van der Waals surface area contributed by atoms with Crippen LogP contribution < -0.4 is 0 Å². The van der Waals surface area contributed by atoms with Gasteiger partial charge in [0.15, 0.2) is 0 Å². The summed E-state index contributed by atoms with van der Waals surface area (Å²) in [6.07, 6.45) is 0.362. The smallest absolute Gasteiger partial charge is 0.343 e. The minimum atomic E-state index is -3.24. The maximum absolute atomic E-state index is 13.0. The highest BCUT2D eigenvalue weighted by Gasteiger charge is 2.31. The molecule has 6 heteroatoms. The second kappa shape index (κ2) is 4.45. The zero-order chi connectivity index (χ0) is 12.5. The van der Waals surface area contributed by atoms with Crippen LogP contribution >= 0.6 is 15.9 Å². The normalized spacial score (nSPS) is 11.6. The summed E-state index contributed by atoms with van der Waals surface area (Å²) in [4.78, 5) is 11.3. The molecule has 1 aromatic rings. The van der Waals surface area contributed by atoms with Crippen molar-refractivity contribution < 1.29 is 18.7 Å². The molecule has 0 aliphatic rings. The molecule has 0 atom stereocenters. The number of aromatic carboxylic acids is 1. The number of carboxylic acid groups (broad SMARTS) is 1. The Labute approximate surface area is 99.6 Å². The maximum Gasteiger partial charge on any atom is 0.343 e. The molecule has 0 aliphatic carbocycles. The summed E-state index contributed by atoms with van der Waals surface area (Å²) >= 11 is 2.20. The summed E-state index contributed by atoms with van der Waals surface area (Å²) in [5.74, 6) is -1.15. The molecule has 16 heavy (non-hydrogen) atoms. The van der Waals surface area contributed by atoms with Gasteiger partial charge in [-0.05, 0) is 40.9 Å². The summed E-state index contributed by atoms with van der Waals surface area (Å²) in [5.41, 5.74) is -0.00931. The summed E-state index contributed by atoms with van der Waals surface area (Å²) in [6, 6.07) is 1.12. The average Bonchev–Trinajstić information content (AvgIpc) is 2.14. The molecule has 0 spiro atoms. The van der Waals surface area contributed by atoms with Crippen molar-refractivity contribution in [2.45, 2.75) is 25.1 Å². The van der Waals surface area contributed by atoms with Crippen molar-refractivity contribution in [3.63, 3.8) is 0 Å². The number of aromatic nitrogens is 1. The van der Waals surface area contributed by atoms with Crippen molar-refractivity contribution in [2.24, 2.45) is 0 Å². The molecule has 3 nitrogen and oxygen atoms in total. The van der Waals surface area contributed by atoms with Gasteiger partial charge in [0.1, 0.15) is 5.69 Å². The van der Waals surface area contributed by atoms with E-state index in [1.54, 1.807) is 6.92 Å². The van der Waals surface area contributed by atoms with Crippen LogP contribution in [0.3, 0.4) is 0 Å². The van der Waals surface area contributed by atoms with Gasteiger partial charge in [0.25, 0.3) is 0 Å². The van der Waals surface area contributed by atoms with Crippen LogP contribution in [-0.2, 0) is 11.3 Å². The Morgan fingerprint density at radius 3 is 2.56 bits per heavy atom. The zero-order valence-corrected chi connectivity index (χ0v) is 10.3. The Hall–Kier alpha value is -1.04. The summed E-state index contributed by atoms with van der Waals surface area (Å²) < 4.78 is 26.0. The first kappa shape index (κ1) is 13.0. The molecule has 0 radical (unpaired) electrons. The van der Waals surface area contributed by atoms with Gasteiger partial charge in [-0.15, -0.1) is 0 Å². The number of pyridine rings is 1. The van der Waals surface area contributed by atoms with Crippen molar-refractivity contribution in [1.29, 1.82) is 0 Å². The second-order valence-electron chi connectivity index (χ2n) is 3.28. The predicted octanol–water partition coefficient (Wildman–Crippen LogP) is 3.09. The van der Waals surface area contributed by atoms with Gasteiger partial charge in [-0.3, -0.25) is 0 Å². The fraction of sp³-hybridized carbons (Fsp3) is 0.400. The summed E-state index contributed by atoms with van der Waals surface area (Å²) in [6.45, 7) is 3.11. The molecule has 0 bridgehead atoms. The van der Waals surface area contributed by atoms with Crippen LogP contribution in [0.25, 0.3) is 0 Å². The molecular weight excluding hydrogens is 284 g/mol. The van der Waals surface area contributed by atoms with Gasteiger partial charge < -0.3 is 5.11 Å². The van der Waals surface area contributed by atoms with E-state index < -0.39 is 16.5 Å². The SMILES string of the molecule is CCc1cc(C(F)(F)Br)nc(C)c1C(=O)O. The molecule has 0 fully saturated rings. The minimum absolute atomic E-state index is 0.00278. The Kier molecular flexibility index (Phi) is 3.62. The van der Waals surface area contributed by atoms with E-state index >= 15 is 0 Å². The lowest BCUT2D eigenvalue weighted by atomic mass is 10.0. The van der Waals surface area contributed by atoms with Crippen LogP contribution in [0.5, 0.6) is 0 Å². The third kappa shape index (κ3) is 2.55. The molecule has 0 saturated heterocycles. The van der Waals surface area contributed by atoms with Crippen LogP contribution in [0.4, 0.5) is 8.78 Å². The number of hydrogen-bond acceptors (Lipinski definition) is 2. The van der Waals surface area contributed by atoms with Crippen LogP contribution in [0.15, 0.2) is 6.07 Å². The summed E-state index contributed by atoms with van der Waals surface area (Å²) in [5, 5.41) is 8.93. The number of nitrogens with zero attached hydrogens (tertiary/aromatic N) is 1. The van der Waals surface area contributed by atoms with Gasteiger partial charge in [-0.1, -0.05) is 6.92 Å². The molecule has 1 heterocycles. The van der Waals surface area contributed by atoms with Crippen molar-refractivity contribution >= 4 is 21.9 Å². The Bertz CT molecular complexity index is 430. The topological polar surface area (TPSA) is 50.2 Å². The van der Waals surface area contributed by atoms with Gasteiger partial charge in [0.05, 0.1) is 11.3 Å². The fourth-order valence-corrected chi connectivity index (χ4v) is 1.66. The quantitative estimate of drug-likeness (QED) is 0.871. The number of halogens is 3. The number of carboxylic acids is 1. The minimum Gasteiger partial charge on any atom is -0.478 e. The molecule has 0 amide bonds. The fourth-order valence-electron chi connectivity index (χ4n) is 1.45. The van der Waals surface area contributed by atoms with Crippen LogP contribution in [0.2, 0.25) is 0 Å².